The summed E-state index contributed by atoms with van der Waals surface area (Å²) in [6, 6.07) is 7.64. The van der Waals surface area contributed by atoms with Crippen molar-refractivity contribution >= 4 is 22.8 Å². The molecule has 1 N–H and O–H groups in total. The number of amides is 1. The van der Waals surface area contributed by atoms with Crippen LogP contribution in [0.25, 0.3) is 5.57 Å². The van der Waals surface area contributed by atoms with Crippen molar-refractivity contribution in [2.24, 2.45) is 0 Å². The van der Waals surface area contributed by atoms with Crippen LogP contribution in [-0.4, -0.2) is 24.5 Å². The topological polar surface area (TPSA) is 51.2 Å². The summed E-state index contributed by atoms with van der Waals surface area (Å²) in [6.07, 6.45) is 2.37. The molecule has 1 aromatic heterocycles. The second kappa shape index (κ2) is 7.59. The van der Waals surface area contributed by atoms with Crippen molar-refractivity contribution in [1.29, 1.82) is 0 Å². The maximum absolute atomic E-state index is 11.8. The normalized spacial score (nSPS) is 11.2. The third kappa shape index (κ3) is 4.72. The number of hydrogen-bond acceptors (Lipinski definition) is 4. The van der Waals surface area contributed by atoms with Crippen molar-refractivity contribution in [2.45, 2.75) is 13.3 Å². The van der Waals surface area contributed by atoms with Gasteiger partial charge < -0.3 is 10.1 Å². The minimum Gasteiger partial charge on any atom is -0.497 e. The number of methoxy groups -OCH3 is 1. The van der Waals surface area contributed by atoms with Crippen LogP contribution in [-0.2, 0) is 11.2 Å². The van der Waals surface area contributed by atoms with E-state index >= 15 is 0 Å². The first kappa shape index (κ1) is 15.3. The molecule has 1 heterocycles. The maximum atomic E-state index is 11.8. The Bertz CT molecular complexity index is 604. The van der Waals surface area contributed by atoms with Crippen LogP contribution in [0.5, 0.6) is 5.75 Å². The van der Waals surface area contributed by atoms with Gasteiger partial charge in [0.1, 0.15) is 5.75 Å². The van der Waals surface area contributed by atoms with Gasteiger partial charge in [0.2, 0.25) is 5.91 Å². The van der Waals surface area contributed by atoms with E-state index in [1.54, 1.807) is 30.0 Å². The van der Waals surface area contributed by atoms with E-state index in [2.05, 4.69) is 10.3 Å². The fourth-order valence-corrected chi connectivity index (χ4v) is 2.45. The van der Waals surface area contributed by atoms with E-state index in [1.807, 2.05) is 36.6 Å². The van der Waals surface area contributed by atoms with Gasteiger partial charge in [0.05, 0.1) is 18.3 Å². The second-order valence-corrected chi connectivity index (χ2v) is 5.30. The molecule has 0 unspecified atom stereocenters. The van der Waals surface area contributed by atoms with Gasteiger partial charge >= 0.3 is 0 Å². The molecule has 5 heteroatoms. The summed E-state index contributed by atoms with van der Waals surface area (Å²) in [5.41, 5.74) is 4.73. The smallest absolute Gasteiger partial charge is 0.244 e. The van der Waals surface area contributed by atoms with Gasteiger partial charge in [0.25, 0.3) is 0 Å². The van der Waals surface area contributed by atoms with Crippen LogP contribution in [0.3, 0.4) is 0 Å². The van der Waals surface area contributed by atoms with Crippen LogP contribution < -0.4 is 10.1 Å². The fourth-order valence-electron chi connectivity index (χ4n) is 1.86. The van der Waals surface area contributed by atoms with Gasteiger partial charge in [-0.1, -0.05) is 12.1 Å². The molecule has 110 valence electrons. The Morgan fingerprint density at radius 2 is 2.14 bits per heavy atom. The second-order valence-electron chi connectivity index (χ2n) is 4.58. The van der Waals surface area contributed by atoms with E-state index < -0.39 is 0 Å². The zero-order valence-electron chi connectivity index (χ0n) is 12.1. The van der Waals surface area contributed by atoms with Crippen LogP contribution in [0.15, 0.2) is 41.2 Å². The monoisotopic (exact) mass is 302 g/mol. The van der Waals surface area contributed by atoms with Crippen LogP contribution >= 0.6 is 11.3 Å². The quantitative estimate of drug-likeness (QED) is 0.835. The number of nitrogens with zero attached hydrogens (tertiary/aromatic N) is 1. The third-order valence-corrected chi connectivity index (χ3v) is 3.69. The van der Waals surface area contributed by atoms with Crippen molar-refractivity contribution in [3.63, 3.8) is 0 Å². The average molecular weight is 302 g/mol. The highest BCUT2D eigenvalue weighted by molar-refractivity contribution is 7.07. The Morgan fingerprint density at radius 1 is 1.38 bits per heavy atom. The SMILES string of the molecule is COc1ccc(/C(C)=C/C(=O)NCCc2cscn2)cc1. The van der Waals surface area contributed by atoms with E-state index in [1.165, 1.54) is 0 Å². The lowest BCUT2D eigenvalue weighted by atomic mass is 10.1. The molecule has 21 heavy (non-hydrogen) atoms. The Labute approximate surface area is 128 Å². The fraction of sp³-hybridized carbons (Fsp3) is 0.250. The van der Waals surface area contributed by atoms with Crippen LogP contribution in [0, 0.1) is 0 Å². The van der Waals surface area contributed by atoms with Crippen LogP contribution in [0.4, 0.5) is 0 Å². The number of nitrogens with one attached hydrogen (secondary N) is 1. The molecule has 2 rings (SSSR count). The standard InChI is InChI=1S/C16H18N2O2S/c1-12(13-3-5-15(20-2)6-4-13)9-16(19)17-8-7-14-10-21-11-18-14/h3-6,9-11H,7-8H2,1-2H3,(H,17,19)/b12-9+. The highest BCUT2D eigenvalue weighted by Gasteiger charge is 2.02. The molecule has 0 radical (unpaired) electrons. The van der Waals surface area contributed by atoms with Gasteiger partial charge in [0, 0.05) is 24.4 Å². The highest BCUT2D eigenvalue weighted by Crippen LogP contribution is 2.17. The number of carbonyl (C=O) groups excluding carboxylic acids is 1. The van der Waals surface area contributed by atoms with E-state index in [-0.39, 0.29) is 5.91 Å². The van der Waals surface area contributed by atoms with Gasteiger partial charge in [-0.25, -0.2) is 4.98 Å². The molecule has 1 amide bonds. The first-order valence-corrected chi connectivity index (χ1v) is 7.61. The summed E-state index contributed by atoms with van der Waals surface area (Å²) >= 11 is 1.56. The molecule has 0 aliphatic rings. The van der Waals surface area contributed by atoms with Crippen LogP contribution in [0.1, 0.15) is 18.2 Å². The van der Waals surface area contributed by atoms with Gasteiger partial charge in [0.15, 0.2) is 0 Å². The predicted molar refractivity (Wildman–Crippen MR) is 85.5 cm³/mol. The molecule has 2 aromatic rings. The maximum Gasteiger partial charge on any atom is 0.244 e. The van der Waals surface area contributed by atoms with Crippen LogP contribution in [0.2, 0.25) is 0 Å². The molecule has 1 aromatic carbocycles. The molecule has 4 nitrogen and oxygen atoms in total. The van der Waals surface area contributed by atoms with Gasteiger partial charge in [-0.05, 0) is 30.2 Å². The number of carbonyl (C=O) groups is 1. The van der Waals surface area contributed by atoms with Crippen molar-refractivity contribution in [1.82, 2.24) is 10.3 Å². The minimum atomic E-state index is -0.0847. The summed E-state index contributed by atoms with van der Waals surface area (Å²) < 4.78 is 5.11. The Balaban J connectivity index is 1.86. The average Bonchev–Trinajstić information content (AvgIpc) is 3.00. The molecular weight excluding hydrogens is 284 g/mol. The van der Waals surface area contributed by atoms with Gasteiger partial charge in [-0.3, -0.25) is 4.79 Å². The van der Waals surface area contributed by atoms with Crippen molar-refractivity contribution in [2.75, 3.05) is 13.7 Å². The molecule has 0 fully saturated rings. The number of rotatable bonds is 6. The van der Waals surface area contributed by atoms with E-state index in [0.717, 1.165) is 29.0 Å². The molecule has 0 saturated heterocycles. The van der Waals surface area contributed by atoms with Crippen molar-refractivity contribution < 1.29 is 9.53 Å². The Hall–Kier alpha value is -2.14. The zero-order valence-corrected chi connectivity index (χ0v) is 12.9. The lowest BCUT2D eigenvalue weighted by Gasteiger charge is -2.05. The first-order chi connectivity index (χ1) is 10.2. The number of ether oxygens (including phenoxy) is 1. The van der Waals surface area contributed by atoms with Gasteiger partial charge in [-0.15, -0.1) is 11.3 Å². The van der Waals surface area contributed by atoms with E-state index in [0.29, 0.717) is 6.54 Å². The zero-order chi connectivity index (χ0) is 15.1. The predicted octanol–water partition coefficient (Wildman–Crippen LogP) is 2.91. The lowest BCUT2D eigenvalue weighted by Crippen LogP contribution is -2.23. The lowest BCUT2D eigenvalue weighted by molar-refractivity contribution is -0.116. The largest absolute Gasteiger partial charge is 0.497 e. The number of allylic oxidation sites excluding steroid dienone is 1. The summed E-state index contributed by atoms with van der Waals surface area (Å²) in [7, 11) is 1.63. The Morgan fingerprint density at radius 3 is 2.76 bits per heavy atom. The highest BCUT2D eigenvalue weighted by atomic mass is 32.1. The Kier molecular flexibility index (Phi) is 5.51. The first-order valence-electron chi connectivity index (χ1n) is 6.66. The molecule has 0 aliphatic carbocycles. The molecule has 0 atom stereocenters. The van der Waals surface area contributed by atoms with E-state index in [4.69, 9.17) is 4.74 Å². The molecule has 0 aliphatic heterocycles. The van der Waals surface area contributed by atoms with Crippen molar-refractivity contribution in [3.05, 3.63) is 52.5 Å². The summed E-state index contributed by atoms with van der Waals surface area (Å²) in [5, 5.41) is 4.86. The summed E-state index contributed by atoms with van der Waals surface area (Å²) in [4.78, 5) is 16.0. The summed E-state index contributed by atoms with van der Waals surface area (Å²) in [6.45, 7) is 2.51. The van der Waals surface area contributed by atoms with Crippen molar-refractivity contribution in [3.8, 4) is 5.75 Å². The number of hydrogen-bond donors (Lipinski definition) is 1. The molecule has 0 saturated carbocycles. The minimum absolute atomic E-state index is 0.0847. The number of aromatic nitrogens is 1. The molecular formula is C16H18N2O2S. The molecule has 0 bridgehead atoms. The van der Waals surface area contributed by atoms with E-state index in [9.17, 15) is 4.79 Å². The third-order valence-electron chi connectivity index (χ3n) is 3.06. The number of benzene rings is 1. The van der Waals surface area contributed by atoms with Gasteiger partial charge in [-0.2, -0.15) is 0 Å². The number of thiazole rings is 1. The molecule has 0 spiro atoms. The summed E-state index contributed by atoms with van der Waals surface area (Å²) in [5.74, 6) is 0.720.